The van der Waals surface area contributed by atoms with E-state index in [9.17, 15) is 0 Å². The Bertz CT molecular complexity index is 7640. The lowest BCUT2D eigenvalue weighted by molar-refractivity contribution is 0.660. The number of nitrogens with zero attached hydrogens (tertiary/aromatic N) is 3. The Kier molecular flexibility index (Phi) is 20.7. The molecule has 3 aromatic heterocycles. The number of benzene rings is 19. The predicted octanol–water partition coefficient (Wildman–Crippen LogP) is 32.9. The highest BCUT2D eigenvalue weighted by molar-refractivity contribution is 6.17. The van der Waals surface area contributed by atoms with E-state index in [0.717, 1.165) is 0 Å². The highest BCUT2D eigenvalue weighted by atomic mass is 15.0. The molecule has 1 aliphatic rings. The van der Waals surface area contributed by atoms with Crippen LogP contribution in [0.4, 0.5) is 0 Å². The first-order valence-electron chi connectivity index (χ1n) is 43.1. The first-order chi connectivity index (χ1) is 60.9. The van der Waals surface area contributed by atoms with Crippen LogP contribution in [0.5, 0.6) is 0 Å². The van der Waals surface area contributed by atoms with Crippen molar-refractivity contribution < 1.29 is 0 Å². The molecule has 0 amide bonds. The zero-order chi connectivity index (χ0) is 83.8. The Labute approximate surface area is 726 Å². The molecule has 0 aliphatic heterocycles. The van der Waals surface area contributed by atoms with E-state index >= 15 is 0 Å². The molecule has 3 heteroatoms. The summed E-state index contributed by atoms with van der Waals surface area (Å²) in [4.78, 5) is 0. The highest BCUT2D eigenvalue weighted by Gasteiger charge is 2.35. The van der Waals surface area contributed by atoms with Gasteiger partial charge >= 0.3 is 0 Å². The molecule has 3 nitrogen and oxygen atoms in total. The van der Waals surface area contributed by atoms with Gasteiger partial charge in [-0.1, -0.05) is 360 Å². The second-order valence-electron chi connectivity index (χ2n) is 33.2. The number of para-hydroxylation sites is 6. The van der Waals surface area contributed by atoms with E-state index in [4.69, 9.17) is 0 Å². The van der Waals surface area contributed by atoms with Gasteiger partial charge in [-0.3, -0.25) is 0 Å². The topological polar surface area (TPSA) is 14.8 Å². The minimum Gasteiger partial charge on any atom is -0.309 e. The van der Waals surface area contributed by atoms with Crippen LogP contribution in [0.3, 0.4) is 0 Å². The molecule has 22 aromatic rings. The van der Waals surface area contributed by atoms with Crippen LogP contribution in [0, 0.1) is 27.7 Å². The molecule has 0 atom stereocenters. The van der Waals surface area contributed by atoms with E-state index in [1.54, 1.807) is 0 Å². The van der Waals surface area contributed by atoms with Gasteiger partial charge in [0.05, 0.1) is 33.1 Å². The summed E-state index contributed by atoms with van der Waals surface area (Å²) in [5.41, 5.74) is 42.0. The fourth-order valence-electron chi connectivity index (χ4n) is 18.9. The smallest absolute Gasteiger partial charge is 0.0547 e. The number of rotatable bonds is 11. The Morgan fingerprint density at radius 2 is 0.468 bits per heavy atom. The zero-order valence-corrected chi connectivity index (χ0v) is 70.6. The van der Waals surface area contributed by atoms with E-state index in [-0.39, 0.29) is 5.41 Å². The van der Waals surface area contributed by atoms with Crippen LogP contribution in [0.2, 0.25) is 0 Å². The first-order valence-corrected chi connectivity index (χ1v) is 43.1. The van der Waals surface area contributed by atoms with Gasteiger partial charge in [0.15, 0.2) is 0 Å². The molecule has 0 radical (unpaired) electrons. The maximum atomic E-state index is 2.41. The van der Waals surface area contributed by atoms with Crippen molar-refractivity contribution in [2.24, 2.45) is 0 Å². The second-order valence-corrected chi connectivity index (χ2v) is 33.2. The molecule has 0 fully saturated rings. The summed E-state index contributed by atoms with van der Waals surface area (Å²) in [6, 6.07) is 164. The lowest BCUT2D eigenvalue weighted by Gasteiger charge is -2.22. The monoisotopic (exact) mass is 1590 g/mol. The van der Waals surface area contributed by atoms with Gasteiger partial charge in [0, 0.05) is 54.8 Å². The third-order valence-corrected chi connectivity index (χ3v) is 25.3. The molecule has 592 valence electrons. The lowest BCUT2D eigenvalue weighted by atomic mass is 9.81. The third-order valence-electron chi connectivity index (χ3n) is 25.3. The number of aromatic nitrogens is 3. The first kappa shape index (κ1) is 77.2. The maximum Gasteiger partial charge on any atom is 0.0547 e. The van der Waals surface area contributed by atoms with Gasteiger partial charge in [-0.25, -0.2) is 0 Å². The SMILES string of the molecule is Cc1ccc(-c2ccccc2)cc1-c1ccc2c(c1)C(C)(C)c1ccccc1-2.Cc1ccc(-c2ccccc2)cc1-c1ccc2c(c1)c1ccccc1n2-c1ccccc1.Cc1ccc(-c2ccccc2)cc1-c1ccc2c3ccccc3n(-c3ccccc3)c2c1.Cc1ccc(-c2ccccc2)cc1-c1cccc2c1c1ccccc1n2-c1ccccc1. The van der Waals surface area contributed by atoms with E-state index in [2.05, 4.69) is 510 Å². The number of hydrogen-bond donors (Lipinski definition) is 0. The van der Waals surface area contributed by atoms with Gasteiger partial charge in [-0.2, -0.15) is 0 Å². The molecular weight excluding hydrogens is 1500 g/mol. The van der Waals surface area contributed by atoms with E-state index in [1.807, 2.05) is 0 Å². The summed E-state index contributed by atoms with van der Waals surface area (Å²) in [6.45, 7) is 13.5. The molecule has 0 unspecified atom stereocenters. The minimum atomic E-state index is 0.0346. The number of fused-ring (bicyclic) bond motifs is 12. The molecule has 3 heterocycles. The standard InChI is InChI=1S/3C31H23N.C28H24/c1-22-19-20-24(23-11-4-2-5-12-23)21-28(22)26-16-10-18-30-31(26)27-15-8-9-17-29(27)32(30)25-13-6-3-7-14-25;1-22-16-17-24(23-10-4-2-5-11-23)20-28(22)25-18-19-31-29(21-25)27-14-8-9-15-30(27)32(31)26-12-6-3-7-13-26;1-22-16-17-24(23-10-4-2-5-11-23)20-29(22)25-18-19-28-27-14-8-9-15-30(27)32(31(28)21-25)26-12-6-3-7-13-26;1-19-13-14-21(20-9-5-4-6-10-20)17-25(19)22-15-16-24-23-11-7-8-12-26(23)28(2,3)27(24)18-22/h3*2-21H,1H3;4-18H,1-3H3. The second kappa shape index (κ2) is 33.3. The highest BCUT2D eigenvalue weighted by Crippen LogP contribution is 2.51. The van der Waals surface area contributed by atoms with Crippen molar-refractivity contribution in [2.45, 2.75) is 47.0 Å². The molecule has 19 aromatic carbocycles. The summed E-state index contributed by atoms with van der Waals surface area (Å²) in [7, 11) is 0. The third kappa shape index (κ3) is 14.6. The van der Waals surface area contributed by atoms with Gasteiger partial charge in [0.1, 0.15) is 0 Å². The number of hydrogen-bond acceptors (Lipinski definition) is 0. The molecule has 0 bridgehead atoms. The summed E-state index contributed by atoms with van der Waals surface area (Å²) >= 11 is 0. The quantitative estimate of drug-likeness (QED) is 0.123. The van der Waals surface area contributed by atoms with Gasteiger partial charge in [-0.15, -0.1) is 0 Å². The zero-order valence-electron chi connectivity index (χ0n) is 70.6. The fraction of sp³-hybridized carbons (Fsp3) is 0.0579. The Morgan fingerprint density at radius 3 is 0.952 bits per heavy atom. The van der Waals surface area contributed by atoms with Crippen LogP contribution in [-0.4, -0.2) is 13.7 Å². The van der Waals surface area contributed by atoms with Crippen LogP contribution in [0.15, 0.2) is 455 Å². The van der Waals surface area contributed by atoms with Gasteiger partial charge in [0.2, 0.25) is 0 Å². The largest absolute Gasteiger partial charge is 0.309 e. The van der Waals surface area contributed by atoms with Gasteiger partial charge < -0.3 is 13.7 Å². The average Bonchev–Trinajstić information content (AvgIpc) is 1.59. The van der Waals surface area contributed by atoms with Crippen LogP contribution in [0.1, 0.15) is 47.2 Å². The van der Waals surface area contributed by atoms with Crippen LogP contribution < -0.4 is 0 Å². The Hall–Kier alpha value is -15.4. The summed E-state index contributed by atoms with van der Waals surface area (Å²) in [6.07, 6.45) is 0. The molecule has 0 N–H and O–H groups in total. The van der Waals surface area contributed by atoms with Crippen molar-refractivity contribution in [1.29, 1.82) is 0 Å². The van der Waals surface area contributed by atoms with Crippen LogP contribution >= 0.6 is 0 Å². The molecule has 124 heavy (non-hydrogen) atoms. The fourth-order valence-corrected chi connectivity index (χ4v) is 18.9. The molecule has 0 spiro atoms. The van der Waals surface area contributed by atoms with Crippen molar-refractivity contribution in [2.75, 3.05) is 0 Å². The molecule has 0 saturated heterocycles. The predicted molar refractivity (Wildman–Crippen MR) is 529 cm³/mol. The Morgan fingerprint density at radius 1 is 0.161 bits per heavy atom. The minimum absolute atomic E-state index is 0.0346. The van der Waals surface area contributed by atoms with E-state index in [0.29, 0.717) is 0 Å². The van der Waals surface area contributed by atoms with Crippen molar-refractivity contribution in [1.82, 2.24) is 13.7 Å². The van der Waals surface area contributed by atoms with Crippen molar-refractivity contribution in [3.8, 4) is 117 Å². The molecule has 0 saturated carbocycles. The van der Waals surface area contributed by atoms with E-state index in [1.165, 1.54) is 216 Å². The summed E-state index contributed by atoms with van der Waals surface area (Å²) < 4.78 is 7.12. The lowest BCUT2D eigenvalue weighted by Crippen LogP contribution is -2.14. The van der Waals surface area contributed by atoms with Crippen molar-refractivity contribution in [3.63, 3.8) is 0 Å². The molecule has 1 aliphatic carbocycles. The summed E-state index contributed by atoms with van der Waals surface area (Å²) in [5.74, 6) is 0. The van der Waals surface area contributed by atoms with Crippen LogP contribution in [0.25, 0.3) is 183 Å². The Balaban J connectivity index is 0.000000105. The normalized spacial score (nSPS) is 11.9. The van der Waals surface area contributed by atoms with Crippen LogP contribution in [-0.2, 0) is 5.41 Å². The van der Waals surface area contributed by atoms with Gasteiger partial charge in [0.25, 0.3) is 0 Å². The average molecular weight is 1590 g/mol. The molecule has 23 rings (SSSR count). The maximum absolute atomic E-state index is 2.41. The molecular formula is C121H93N3. The van der Waals surface area contributed by atoms with Crippen molar-refractivity contribution in [3.05, 3.63) is 488 Å². The van der Waals surface area contributed by atoms with Crippen molar-refractivity contribution >= 4 is 65.4 Å². The van der Waals surface area contributed by atoms with Gasteiger partial charge in [-0.05, 0) is 270 Å². The number of aryl methyl sites for hydroxylation is 4. The van der Waals surface area contributed by atoms with E-state index < -0.39 is 0 Å². The summed E-state index contributed by atoms with van der Waals surface area (Å²) in [5, 5.41) is 7.72.